The molecule has 128 valence electrons. The van der Waals surface area contributed by atoms with Crippen molar-refractivity contribution < 1.29 is 13.6 Å². The van der Waals surface area contributed by atoms with E-state index in [4.69, 9.17) is 0 Å². The summed E-state index contributed by atoms with van der Waals surface area (Å²) in [5.74, 6) is -1.22. The maximum absolute atomic E-state index is 13.8. The van der Waals surface area contributed by atoms with Gasteiger partial charge in [-0.1, -0.05) is 24.3 Å². The second-order valence-electron chi connectivity index (χ2n) is 5.89. The molecule has 6 heteroatoms. The van der Waals surface area contributed by atoms with Crippen molar-refractivity contribution in [1.82, 2.24) is 9.80 Å². The number of carbonyl (C=O) groups is 1. The van der Waals surface area contributed by atoms with Crippen molar-refractivity contribution in [2.24, 2.45) is 0 Å². The third-order valence-electron chi connectivity index (χ3n) is 4.38. The van der Waals surface area contributed by atoms with Gasteiger partial charge in [-0.05, 0) is 29.8 Å². The summed E-state index contributed by atoms with van der Waals surface area (Å²) < 4.78 is 26.8. The number of amides is 1. The van der Waals surface area contributed by atoms with Crippen LogP contribution in [0.3, 0.4) is 0 Å². The highest BCUT2D eigenvalue weighted by atomic mass is 19.1. The summed E-state index contributed by atoms with van der Waals surface area (Å²) in [6.45, 7) is 1.81. The highest BCUT2D eigenvalue weighted by Gasteiger charge is 2.28. The number of carbonyl (C=O) groups excluding carboxylic acids is 1. The first-order valence-corrected chi connectivity index (χ1v) is 8.03. The van der Waals surface area contributed by atoms with E-state index in [1.165, 1.54) is 24.3 Å². The molecule has 0 saturated carbocycles. The van der Waals surface area contributed by atoms with Crippen LogP contribution in [0.5, 0.6) is 0 Å². The minimum absolute atomic E-state index is 0.0614. The molecular weight excluding hydrogens is 324 g/mol. The molecule has 0 aromatic heterocycles. The van der Waals surface area contributed by atoms with Crippen molar-refractivity contribution in [3.63, 3.8) is 0 Å². The summed E-state index contributed by atoms with van der Waals surface area (Å²) >= 11 is 0. The van der Waals surface area contributed by atoms with E-state index in [1.807, 2.05) is 4.90 Å². The Hall–Kier alpha value is -2.78. The van der Waals surface area contributed by atoms with Crippen LogP contribution >= 0.6 is 0 Å². The lowest BCUT2D eigenvalue weighted by Crippen LogP contribution is -2.49. The van der Waals surface area contributed by atoms with Crippen LogP contribution < -0.4 is 0 Å². The molecule has 1 fully saturated rings. The van der Waals surface area contributed by atoms with Gasteiger partial charge in [0.25, 0.3) is 5.91 Å². The first-order chi connectivity index (χ1) is 12.1. The molecule has 0 N–H and O–H groups in total. The van der Waals surface area contributed by atoms with Crippen LogP contribution in [-0.4, -0.2) is 41.9 Å². The average molecular weight is 341 g/mol. The molecule has 1 heterocycles. The summed E-state index contributed by atoms with van der Waals surface area (Å²) in [6.07, 6.45) is 0. The molecular formula is C19H17F2N3O. The van der Waals surface area contributed by atoms with Crippen LogP contribution in [0, 0.1) is 23.0 Å². The summed E-state index contributed by atoms with van der Waals surface area (Å²) in [4.78, 5) is 16.0. The predicted octanol–water partition coefficient (Wildman–Crippen LogP) is 2.99. The van der Waals surface area contributed by atoms with Gasteiger partial charge in [0.05, 0.1) is 11.6 Å². The lowest BCUT2D eigenvalue weighted by molar-refractivity contribution is 0.0602. The molecule has 3 rings (SSSR count). The largest absolute Gasteiger partial charge is 0.336 e. The van der Waals surface area contributed by atoms with Gasteiger partial charge >= 0.3 is 0 Å². The number of rotatable bonds is 3. The topological polar surface area (TPSA) is 47.3 Å². The fraction of sp³-hybridized carbons (Fsp3) is 0.263. The number of benzene rings is 2. The highest BCUT2D eigenvalue weighted by molar-refractivity contribution is 5.94. The zero-order chi connectivity index (χ0) is 17.8. The van der Waals surface area contributed by atoms with E-state index >= 15 is 0 Å². The quantitative estimate of drug-likeness (QED) is 0.862. The van der Waals surface area contributed by atoms with E-state index in [0.29, 0.717) is 26.2 Å². The van der Waals surface area contributed by atoms with Crippen molar-refractivity contribution in [1.29, 1.82) is 5.26 Å². The highest BCUT2D eigenvalue weighted by Crippen LogP contribution is 2.22. The van der Waals surface area contributed by atoms with Gasteiger partial charge in [0.2, 0.25) is 0 Å². The van der Waals surface area contributed by atoms with E-state index in [0.717, 1.165) is 5.56 Å². The molecule has 0 unspecified atom stereocenters. The molecule has 4 nitrogen and oxygen atoms in total. The van der Waals surface area contributed by atoms with E-state index in [2.05, 4.69) is 6.07 Å². The molecule has 1 atom stereocenters. The number of hydrogen-bond acceptors (Lipinski definition) is 3. The standard InChI is InChI=1S/C19H17F2N3O/c20-15-7-5-14(6-8-15)18(13-22)23-9-11-24(12-10-23)19(25)16-3-1-2-4-17(16)21/h1-8,18H,9-12H2/t18-/m0/s1. The van der Waals surface area contributed by atoms with E-state index in [1.54, 1.807) is 29.2 Å². The first-order valence-electron chi connectivity index (χ1n) is 8.03. The van der Waals surface area contributed by atoms with Gasteiger partial charge in [-0.2, -0.15) is 5.26 Å². The Morgan fingerprint density at radius 2 is 1.64 bits per heavy atom. The smallest absolute Gasteiger partial charge is 0.256 e. The molecule has 0 spiro atoms. The molecule has 1 aliphatic heterocycles. The molecule has 1 amide bonds. The Kier molecular flexibility index (Phi) is 5.05. The Morgan fingerprint density at radius 3 is 2.24 bits per heavy atom. The van der Waals surface area contributed by atoms with Crippen molar-refractivity contribution in [2.45, 2.75) is 6.04 Å². The summed E-state index contributed by atoms with van der Waals surface area (Å²) in [7, 11) is 0. The molecule has 1 aliphatic rings. The fourth-order valence-electron chi connectivity index (χ4n) is 3.00. The van der Waals surface area contributed by atoms with Crippen molar-refractivity contribution >= 4 is 5.91 Å². The van der Waals surface area contributed by atoms with E-state index in [-0.39, 0.29) is 17.3 Å². The van der Waals surface area contributed by atoms with Crippen LogP contribution in [0.2, 0.25) is 0 Å². The zero-order valence-electron chi connectivity index (χ0n) is 13.5. The third-order valence-corrected chi connectivity index (χ3v) is 4.38. The molecule has 1 saturated heterocycles. The minimum atomic E-state index is -0.531. The molecule has 0 bridgehead atoms. The second kappa shape index (κ2) is 7.41. The van der Waals surface area contributed by atoms with Crippen LogP contribution in [0.1, 0.15) is 22.0 Å². The molecule has 25 heavy (non-hydrogen) atoms. The first kappa shape index (κ1) is 17.1. The van der Waals surface area contributed by atoms with Gasteiger partial charge in [-0.3, -0.25) is 9.69 Å². The van der Waals surface area contributed by atoms with E-state index in [9.17, 15) is 18.8 Å². The maximum atomic E-state index is 13.8. The van der Waals surface area contributed by atoms with Crippen molar-refractivity contribution in [3.8, 4) is 6.07 Å². The predicted molar refractivity (Wildman–Crippen MR) is 88.6 cm³/mol. The Balaban J connectivity index is 1.67. The fourth-order valence-corrected chi connectivity index (χ4v) is 3.00. The van der Waals surface area contributed by atoms with Crippen LogP contribution in [0.15, 0.2) is 48.5 Å². The average Bonchev–Trinajstić information content (AvgIpc) is 2.64. The van der Waals surface area contributed by atoms with Gasteiger partial charge in [0.15, 0.2) is 0 Å². The number of piperazine rings is 1. The van der Waals surface area contributed by atoms with Gasteiger partial charge in [0.1, 0.15) is 17.7 Å². The molecule has 0 aliphatic carbocycles. The SMILES string of the molecule is N#C[C@@H](c1ccc(F)cc1)N1CCN(C(=O)c2ccccc2F)CC1. The van der Waals surface area contributed by atoms with E-state index < -0.39 is 11.9 Å². The van der Waals surface area contributed by atoms with Gasteiger partial charge in [-0.25, -0.2) is 8.78 Å². The Morgan fingerprint density at radius 1 is 1.00 bits per heavy atom. The van der Waals surface area contributed by atoms with Crippen LogP contribution in [0.25, 0.3) is 0 Å². The van der Waals surface area contributed by atoms with Crippen LogP contribution in [0.4, 0.5) is 8.78 Å². The Labute approximate surface area is 144 Å². The normalized spacial score (nSPS) is 16.3. The summed E-state index contributed by atoms with van der Waals surface area (Å²) in [5, 5.41) is 9.47. The van der Waals surface area contributed by atoms with Gasteiger partial charge in [-0.15, -0.1) is 0 Å². The molecule has 2 aromatic rings. The number of nitriles is 1. The summed E-state index contributed by atoms with van der Waals surface area (Å²) in [6, 6.07) is 13.5. The molecule has 2 aromatic carbocycles. The Bertz CT molecular complexity index is 793. The number of halogens is 2. The minimum Gasteiger partial charge on any atom is -0.336 e. The van der Waals surface area contributed by atoms with Crippen molar-refractivity contribution in [2.75, 3.05) is 26.2 Å². The van der Waals surface area contributed by atoms with Gasteiger partial charge in [0, 0.05) is 26.2 Å². The van der Waals surface area contributed by atoms with Crippen molar-refractivity contribution in [3.05, 3.63) is 71.3 Å². The number of hydrogen-bond donors (Lipinski definition) is 0. The molecule has 0 radical (unpaired) electrons. The number of nitrogens with zero attached hydrogens (tertiary/aromatic N) is 3. The lowest BCUT2D eigenvalue weighted by Gasteiger charge is -2.37. The second-order valence-corrected chi connectivity index (χ2v) is 5.89. The lowest BCUT2D eigenvalue weighted by atomic mass is 10.1. The summed E-state index contributed by atoms with van der Waals surface area (Å²) in [5.41, 5.74) is 0.782. The monoisotopic (exact) mass is 341 g/mol. The van der Waals surface area contributed by atoms with Gasteiger partial charge < -0.3 is 4.90 Å². The zero-order valence-corrected chi connectivity index (χ0v) is 13.5. The van der Waals surface area contributed by atoms with Crippen LogP contribution in [-0.2, 0) is 0 Å². The maximum Gasteiger partial charge on any atom is 0.256 e. The third kappa shape index (κ3) is 3.67.